The van der Waals surface area contributed by atoms with Gasteiger partial charge in [0.1, 0.15) is 5.75 Å². The molecule has 0 aliphatic carbocycles. The molecule has 6 nitrogen and oxygen atoms in total. The molecule has 3 aromatic carbocycles. The minimum Gasteiger partial charge on any atom is -0.497 e. The molecule has 3 aromatic rings. The SMILES string of the molecule is COc1ccc(CN(CCO)Cc2ccc(C(=O)Nc3ccccc3N)cc2)cc1. The number of nitrogens with two attached hydrogens (primary N) is 1. The zero-order chi connectivity index (χ0) is 21.3. The number of para-hydroxylation sites is 2. The molecule has 0 unspecified atom stereocenters. The number of rotatable bonds is 9. The Bertz CT molecular complexity index is 956. The lowest BCUT2D eigenvalue weighted by Crippen LogP contribution is -2.26. The predicted molar refractivity (Wildman–Crippen MR) is 119 cm³/mol. The lowest BCUT2D eigenvalue weighted by molar-refractivity contribution is 0.102. The van der Waals surface area contributed by atoms with Crippen molar-refractivity contribution in [2.45, 2.75) is 13.1 Å². The first-order valence-corrected chi connectivity index (χ1v) is 9.80. The number of amides is 1. The van der Waals surface area contributed by atoms with Crippen LogP contribution in [0.3, 0.4) is 0 Å². The molecule has 0 heterocycles. The summed E-state index contributed by atoms with van der Waals surface area (Å²) in [6.07, 6.45) is 0. The number of carbonyl (C=O) groups is 1. The Labute approximate surface area is 176 Å². The molecule has 30 heavy (non-hydrogen) atoms. The summed E-state index contributed by atoms with van der Waals surface area (Å²) in [6, 6.07) is 22.5. The van der Waals surface area contributed by atoms with Crippen LogP contribution in [0.2, 0.25) is 0 Å². The molecule has 0 saturated heterocycles. The maximum absolute atomic E-state index is 12.5. The van der Waals surface area contributed by atoms with E-state index in [2.05, 4.69) is 10.2 Å². The topological polar surface area (TPSA) is 87.8 Å². The summed E-state index contributed by atoms with van der Waals surface area (Å²) < 4.78 is 5.20. The number of aliphatic hydroxyl groups excluding tert-OH is 1. The van der Waals surface area contributed by atoms with Crippen molar-refractivity contribution in [1.29, 1.82) is 0 Å². The molecule has 0 atom stereocenters. The summed E-state index contributed by atoms with van der Waals surface area (Å²) in [4.78, 5) is 14.6. The fourth-order valence-electron chi connectivity index (χ4n) is 3.17. The number of hydrogen-bond acceptors (Lipinski definition) is 5. The second-order valence-corrected chi connectivity index (χ2v) is 7.02. The average molecular weight is 405 g/mol. The molecule has 1 amide bonds. The highest BCUT2D eigenvalue weighted by atomic mass is 16.5. The Kier molecular flexibility index (Phi) is 7.43. The van der Waals surface area contributed by atoms with Gasteiger partial charge < -0.3 is 20.9 Å². The number of ether oxygens (including phenoxy) is 1. The monoisotopic (exact) mass is 405 g/mol. The number of nitrogen functional groups attached to an aromatic ring is 1. The van der Waals surface area contributed by atoms with Crippen LogP contribution in [0.1, 0.15) is 21.5 Å². The summed E-state index contributed by atoms with van der Waals surface area (Å²) in [5.41, 5.74) is 9.78. The van der Waals surface area contributed by atoms with Crippen LogP contribution in [0.4, 0.5) is 11.4 Å². The highest BCUT2D eigenvalue weighted by Crippen LogP contribution is 2.19. The number of nitrogens with zero attached hydrogens (tertiary/aromatic N) is 1. The van der Waals surface area contributed by atoms with E-state index in [1.165, 1.54) is 0 Å². The van der Waals surface area contributed by atoms with E-state index in [9.17, 15) is 9.90 Å². The Hall–Kier alpha value is -3.35. The molecular formula is C24H27N3O3. The Balaban J connectivity index is 1.63. The summed E-state index contributed by atoms with van der Waals surface area (Å²) in [6.45, 7) is 2.01. The van der Waals surface area contributed by atoms with Crippen LogP contribution in [-0.2, 0) is 13.1 Å². The normalized spacial score (nSPS) is 10.8. The number of anilines is 2. The van der Waals surface area contributed by atoms with Crippen molar-refractivity contribution in [3.63, 3.8) is 0 Å². The van der Waals surface area contributed by atoms with Crippen molar-refractivity contribution >= 4 is 17.3 Å². The highest BCUT2D eigenvalue weighted by molar-refractivity contribution is 6.05. The summed E-state index contributed by atoms with van der Waals surface area (Å²) in [5, 5.41) is 12.3. The fraction of sp³-hybridized carbons (Fsp3) is 0.208. The molecule has 4 N–H and O–H groups in total. The van der Waals surface area contributed by atoms with Gasteiger partial charge in [-0.3, -0.25) is 9.69 Å². The molecule has 0 fully saturated rings. The van der Waals surface area contributed by atoms with Crippen molar-refractivity contribution in [3.8, 4) is 5.75 Å². The van der Waals surface area contributed by atoms with Crippen LogP contribution < -0.4 is 15.8 Å². The largest absolute Gasteiger partial charge is 0.497 e. The third-order valence-corrected chi connectivity index (χ3v) is 4.81. The van der Waals surface area contributed by atoms with E-state index in [0.717, 1.165) is 16.9 Å². The second-order valence-electron chi connectivity index (χ2n) is 7.02. The molecule has 0 bridgehead atoms. The van der Waals surface area contributed by atoms with E-state index < -0.39 is 0 Å². The van der Waals surface area contributed by atoms with Crippen molar-refractivity contribution in [3.05, 3.63) is 89.5 Å². The molecule has 0 spiro atoms. The van der Waals surface area contributed by atoms with Crippen LogP contribution in [-0.4, -0.2) is 36.2 Å². The Morgan fingerprint density at radius 2 is 1.57 bits per heavy atom. The molecule has 156 valence electrons. The molecule has 0 aliphatic heterocycles. The molecule has 6 heteroatoms. The van der Waals surface area contributed by atoms with Gasteiger partial charge in [-0.1, -0.05) is 36.4 Å². The van der Waals surface area contributed by atoms with E-state index in [0.29, 0.717) is 36.6 Å². The van der Waals surface area contributed by atoms with Gasteiger partial charge in [-0.05, 0) is 47.5 Å². The number of carbonyl (C=O) groups excluding carboxylic acids is 1. The lowest BCUT2D eigenvalue weighted by Gasteiger charge is -2.22. The number of aliphatic hydroxyl groups is 1. The molecular weight excluding hydrogens is 378 g/mol. The van der Waals surface area contributed by atoms with Crippen molar-refractivity contribution in [2.75, 3.05) is 31.3 Å². The third kappa shape index (κ3) is 5.83. The minimum atomic E-state index is -0.204. The van der Waals surface area contributed by atoms with E-state index in [-0.39, 0.29) is 12.5 Å². The van der Waals surface area contributed by atoms with Gasteiger partial charge in [0.05, 0.1) is 25.1 Å². The average Bonchev–Trinajstić information content (AvgIpc) is 2.76. The van der Waals surface area contributed by atoms with Gasteiger partial charge in [-0.2, -0.15) is 0 Å². The highest BCUT2D eigenvalue weighted by Gasteiger charge is 2.10. The van der Waals surface area contributed by atoms with Crippen LogP contribution in [0.15, 0.2) is 72.8 Å². The maximum atomic E-state index is 12.5. The molecule has 0 aliphatic rings. The van der Waals surface area contributed by atoms with E-state index >= 15 is 0 Å². The summed E-state index contributed by atoms with van der Waals surface area (Å²) >= 11 is 0. The van der Waals surface area contributed by atoms with Crippen molar-refractivity contribution in [1.82, 2.24) is 4.90 Å². The van der Waals surface area contributed by atoms with E-state index in [4.69, 9.17) is 10.5 Å². The van der Waals surface area contributed by atoms with Crippen molar-refractivity contribution in [2.24, 2.45) is 0 Å². The van der Waals surface area contributed by atoms with E-state index in [1.807, 2.05) is 48.5 Å². The second kappa shape index (κ2) is 10.4. The summed E-state index contributed by atoms with van der Waals surface area (Å²) in [7, 11) is 1.64. The first kappa shape index (κ1) is 21.4. The van der Waals surface area contributed by atoms with Gasteiger partial charge >= 0.3 is 0 Å². The molecule has 0 aromatic heterocycles. The number of hydrogen-bond donors (Lipinski definition) is 3. The fourth-order valence-corrected chi connectivity index (χ4v) is 3.17. The summed E-state index contributed by atoms with van der Waals surface area (Å²) in [5.74, 6) is 0.614. The van der Waals surface area contributed by atoms with Crippen LogP contribution in [0, 0.1) is 0 Å². The zero-order valence-electron chi connectivity index (χ0n) is 17.0. The standard InChI is InChI=1S/C24H27N3O3/c1-30-21-12-8-19(9-13-21)17-27(14-15-28)16-18-6-10-20(11-7-18)24(29)26-23-5-3-2-4-22(23)25/h2-13,28H,14-17,25H2,1H3,(H,26,29). The number of methoxy groups -OCH3 is 1. The van der Waals surface area contributed by atoms with Crippen molar-refractivity contribution < 1.29 is 14.6 Å². The van der Waals surface area contributed by atoms with Crippen LogP contribution in [0.5, 0.6) is 5.75 Å². The van der Waals surface area contributed by atoms with Gasteiger partial charge in [-0.15, -0.1) is 0 Å². The molecule has 0 saturated carbocycles. The van der Waals surface area contributed by atoms with Crippen LogP contribution in [0.25, 0.3) is 0 Å². The Morgan fingerprint density at radius 1 is 0.967 bits per heavy atom. The molecule has 3 rings (SSSR count). The first-order valence-electron chi connectivity index (χ1n) is 9.80. The number of benzene rings is 3. The first-order chi connectivity index (χ1) is 14.6. The van der Waals surface area contributed by atoms with Gasteiger partial charge in [0.25, 0.3) is 5.91 Å². The van der Waals surface area contributed by atoms with Crippen LogP contribution >= 0.6 is 0 Å². The van der Waals surface area contributed by atoms with E-state index in [1.54, 1.807) is 31.4 Å². The van der Waals surface area contributed by atoms with Gasteiger partial charge in [0, 0.05) is 25.2 Å². The van der Waals surface area contributed by atoms with Gasteiger partial charge in [0.15, 0.2) is 0 Å². The smallest absolute Gasteiger partial charge is 0.255 e. The zero-order valence-corrected chi connectivity index (χ0v) is 17.0. The lowest BCUT2D eigenvalue weighted by atomic mass is 10.1. The Morgan fingerprint density at radius 3 is 2.13 bits per heavy atom. The number of nitrogens with one attached hydrogen (secondary N) is 1. The third-order valence-electron chi connectivity index (χ3n) is 4.81. The minimum absolute atomic E-state index is 0.0785. The quantitative estimate of drug-likeness (QED) is 0.474. The maximum Gasteiger partial charge on any atom is 0.255 e. The molecule has 0 radical (unpaired) electrons. The van der Waals surface area contributed by atoms with Gasteiger partial charge in [0.2, 0.25) is 0 Å². The van der Waals surface area contributed by atoms with Gasteiger partial charge in [-0.25, -0.2) is 0 Å². The predicted octanol–water partition coefficient (Wildman–Crippen LogP) is 3.52.